The van der Waals surface area contributed by atoms with E-state index in [1.54, 1.807) is 18.2 Å². The molecule has 1 aliphatic rings. The first-order valence-corrected chi connectivity index (χ1v) is 8.04. The summed E-state index contributed by atoms with van der Waals surface area (Å²) in [5.41, 5.74) is 0.987. The second kappa shape index (κ2) is 5.92. The fraction of sp³-hybridized carbons (Fsp3) is 0.300. The van der Waals surface area contributed by atoms with Gasteiger partial charge in [-0.3, -0.25) is 0 Å². The van der Waals surface area contributed by atoms with Gasteiger partial charge in [0.15, 0.2) is 0 Å². The van der Waals surface area contributed by atoms with Crippen LogP contribution in [0.15, 0.2) is 51.7 Å². The van der Waals surface area contributed by atoms with Crippen molar-refractivity contribution in [2.45, 2.75) is 33.3 Å². The summed E-state index contributed by atoms with van der Waals surface area (Å²) in [5, 5.41) is 9.94. The second-order valence-electron chi connectivity index (χ2n) is 6.73. The number of aryl methyl sites for hydroxylation is 1. The average Bonchev–Trinajstić information content (AvgIpc) is 2.56. The Labute approximate surface area is 145 Å². The van der Waals surface area contributed by atoms with E-state index in [0.29, 0.717) is 23.3 Å². The molecule has 1 N–H and O–H groups in total. The van der Waals surface area contributed by atoms with E-state index >= 15 is 0 Å². The molecule has 130 valence electrons. The lowest BCUT2D eigenvalue weighted by molar-refractivity contribution is -0.132. The van der Waals surface area contributed by atoms with Crippen molar-refractivity contribution < 1.29 is 19.1 Å². The molecule has 1 aliphatic heterocycles. The minimum Gasteiger partial charge on any atom is -0.484 e. The summed E-state index contributed by atoms with van der Waals surface area (Å²) in [5.74, 6) is -0.530. The maximum Gasteiger partial charge on any atom is 0.343 e. The molecule has 2 atom stereocenters. The van der Waals surface area contributed by atoms with Crippen molar-refractivity contribution in [3.63, 3.8) is 0 Å². The molecular formula is C20H20O5. The van der Waals surface area contributed by atoms with Crippen molar-refractivity contribution in [1.29, 1.82) is 0 Å². The largest absolute Gasteiger partial charge is 0.484 e. The van der Waals surface area contributed by atoms with Gasteiger partial charge in [0.25, 0.3) is 0 Å². The summed E-state index contributed by atoms with van der Waals surface area (Å²) >= 11 is 0. The zero-order valence-electron chi connectivity index (χ0n) is 14.5. The van der Waals surface area contributed by atoms with Crippen molar-refractivity contribution in [3.05, 3.63) is 64.1 Å². The molecule has 1 aromatic carbocycles. The van der Waals surface area contributed by atoms with Gasteiger partial charge in [-0.05, 0) is 38.0 Å². The van der Waals surface area contributed by atoms with Gasteiger partial charge in [0.1, 0.15) is 17.4 Å². The van der Waals surface area contributed by atoms with E-state index < -0.39 is 23.1 Å². The van der Waals surface area contributed by atoms with Crippen molar-refractivity contribution in [2.24, 2.45) is 5.41 Å². The van der Waals surface area contributed by atoms with Crippen LogP contribution in [-0.2, 0) is 11.2 Å². The van der Waals surface area contributed by atoms with Gasteiger partial charge in [0, 0.05) is 11.0 Å². The number of hydrogen-bond acceptors (Lipinski definition) is 4. The quantitative estimate of drug-likeness (QED) is 0.524. The molecule has 0 amide bonds. The van der Waals surface area contributed by atoms with E-state index in [2.05, 4.69) is 6.58 Å². The number of carboxylic acids is 1. The van der Waals surface area contributed by atoms with Gasteiger partial charge >= 0.3 is 11.6 Å². The summed E-state index contributed by atoms with van der Waals surface area (Å²) < 4.78 is 11.6. The van der Waals surface area contributed by atoms with Gasteiger partial charge in [-0.2, -0.15) is 0 Å². The normalized spacial score (nSPS) is 23.0. The molecular weight excluding hydrogens is 320 g/mol. The van der Waals surface area contributed by atoms with Gasteiger partial charge in [-0.25, -0.2) is 9.59 Å². The summed E-state index contributed by atoms with van der Waals surface area (Å²) in [6, 6.07) is 5.46. The highest BCUT2D eigenvalue weighted by Gasteiger charge is 2.40. The first kappa shape index (κ1) is 17.0. The predicted molar refractivity (Wildman–Crippen MR) is 95.0 cm³/mol. The van der Waals surface area contributed by atoms with E-state index in [-0.39, 0.29) is 5.57 Å². The maximum absolute atomic E-state index is 12.4. The lowest BCUT2D eigenvalue weighted by Gasteiger charge is -2.38. The molecule has 5 heteroatoms. The molecule has 1 aromatic heterocycles. The number of hydrogen-bond donors (Lipinski definition) is 1. The highest BCUT2D eigenvalue weighted by Crippen LogP contribution is 2.43. The molecule has 0 aliphatic carbocycles. The van der Waals surface area contributed by atoms with Gasteiger partial charge in [-0.1, -0.05) is 25.1 Å². The Kier molecular flexibility index (Phi) is 4.03. The van der Waals surface area contributed by atoms with E-state index in [0.717, 1.165) is 10.9 Å². The molecule has 0 bridgehead atoms. The van der Waals surface area contributed by atoms with Crippen LogP contribution < -0.4 is 10.4 Å². The predicted octanol–water partition coefficient (Wildman–Crippen LogP) is 3.63. The molecule has 0 saturated heterocycles. The summed E-state index contributed by atoms with van der Waals surface area (Å²) in [7, 11) is 0. The third-order valence-electron chi connectivity index (χ3n) is 4.84. The zero-order valence-corrected chi connectivity index (χ0v) is 14.5. The Hall–Kier alpha value is -2.82. The minimum absolute atomic E-state index is 0.186. The summed E-state index contributed by atoms with van der Waals surface area (Å²) in [6.45, 7) is 9.18. The topological polar surface area (TPSA) is 76.7 Å². The van der Waals surface area contributed by atoms with Crippen molar-refractivity contribution >= 4 is 16.9 Å². The minimum atomic E-state index is -1.01. The third kappa shape index (κ3) is 2.76. The van der Waals surface area contributed by atoms with Crippen LogP contribution in [0.3, 0.4) is 0 Å². The molecule has 25 heavy (non-hydrogen) atoms. The molecule has 0 fully saturated rings. The average molecular weight is 340 g/mol. The molecule has 3 rings (SSSR count). The SMILES string of the molecule is C=C[C@]1(C)Cc2c(c3c(C)cccc3oc2=O)O[C@@H]1/C=C(/C)C(=O)O. The lowest BCUT2D eigenvalue weighted by Crippen LogP contribution is -2.41. The van der Waals surface area contributed by atoms with Gasteiger partial charge in [0.05, 0.1) is 10.9 Å². The zero-order chi connectivity index (χ0) is 18.4. The van der Waals surface area contributed by atoms with Gasteiger partial charge in [0.2, 0.25) is 0 Å². The van der Waals surface area contributed by atoms with Crippen LogP contribution in [0.25, 0.3) is 11.0 Å². The number of carboxylic acid groups (broad SMARTS) is 1. The Balaban J connectivity index is 2.27. The molecule has 0 saturated carbocycles. The number of rotatable bonds is 3. The molecule has 2 aromatic rings. The number of fused-ring (bicyclic) bond motifs is 3. The molecule has 2 heterocycles. The monoisotopic (exact) mass is 340 g/mol. The first-order chi connectivity index (χ1) is 11.8. The van der Waals surface area contributed by atoms with Crippen LogP contribution in [0.4, 0.5) is 0 Å². The van der Waals surface area contributed by atoms with Crippen LogP contribution in [0.2, 0.25) is 0 Å². The summed E-state index contributed by atoms with van der Waals surface area (Å²) in [4.78, 5) is 23.7. The van der Waals surface area contributed by atoms with E-state index in [1.807, 2.05) is 26.0 Å². The van der Waals surface area contributed by atoms with Crippen LogP contribution in [-0.4, -0.2) is 17.2 Å². The van der Waals surface area contributed by atoms with E-state index in [9.17, 15) is 14.7 Å². The van der Waals surface area contributed by atoms with Crippen LogP contribution in [0.5, 0.6) is 5.75 Å². The van der Waals surface area contributed by atoms with Gasteiger partial charge < -0.3 is 14.3 Å². The Morgan fingerprint density at radius 1 is 1.44 bits per heavy atom. The van der Waals surface area contributed by atoms with Gasteiger partial charge in [-0.15, -0.1) is 6.58 Å². The Morgan fingerprint density at radius 3 is 2.80 bits per heavy atom. The third-order valence-corrected chi connectivity index (χ3v) is 4.84. The van der Waals surface area contributed by atoms with Crippen LogP contribution >= 0.6 is 0 Å². The molecule has 0 spiro atoms. The number of benzene rings is 1. The van der Waals surface area contributed by atoms with Crippen molar-refractivity contribution in [1.82, 2.24) is 0 Å². The standard InChI is InChI=1S/C20H20O5/c1-5-20(4)10-13-17(25-15(20)9-12(3)18(21)22)16-11(2)7-6-8-14(16)24-19(13)23/h5-9,15H,1,10H2,2-4H3,(H,21,22)/b12-9-/t15-,20-/m1/s1. The smallest absolute Gasteiger partial charge is 0.343 e. The Morgan fingerprint density at radius 2 is 2.16 bits per heavy atom. The molecule has 0 radical (unpaired) electrons. The van der Waals surface area contributed by atoms with E-state index in [1.165, 1.54) is 6.92 Å². The number of aliphatic carboxylic acids is 1. The molecule has 0 unspecified atom stereocenters. The summed E-state index contributed by atoms with van der Waals surface area (Å²) in [6.07, 6.45) is 3.10. The molecule has 5 nitrogen and oxygen atoms in total. The fourth-order valence-electron chi connectivity index (χ4n) is 3.16. The first-order valence-electron chi connectivity index (χ1n) is 8.04. The second-order valence-corrected chi connectivity index (χ2v) is 6.73. The maximum atomic E-state index is 12.4. The highest BCUT2D eigenvalue weighted by atomic mass is 16.5. The van der Waals surface area contributed by atoms with Crippen LogP contribution in [0.1, 0.15) is 25.0 Å². The number of ether oxygens (including phenoxy) is 1. The number of carbonyl (C=O) groups is 1. The van der Waals surface area contributed by atoms with E-state index in [4.69, 9.17) is 9.15 Å². The highest BCUT2D eigenvalue weighted by molar-refractivity contribution is 5.88. The van der Waals surface area contributed by atoms with Crippen molar-refractivity contribution in [2.75, 3.05) is 0 Å². The Bertz CT molecular complexity index is 966. The fourth-order valence-corrected chi connectivity index (χ4v) is 3.16. The van der Waals surface area contributed by atoms with Crippen molar-refractivity contribution in [3.8, 4) is 5.75 Å². The lowest BCUT2D eigenvalue weighted by atomic mass is 9.76. The van der Waals surface area contributed by atoms with Crippen LogP contribution in [0, 0.1) is 12.3 Å².